The first-order chi connectivity index (χ1) is 11.8. The number of carbonyl (C=O) groups excluding carboxylic acids is 1. The molecule has 0 aliphatic carbocycles. The molecule has 0 fully saturated rings. The predicted molar refractivity (Wildman–Crippen MR) is 97.5 cm³/mol. The molecule has 0 aromatic heterocycles. The lowest BCUT2D eigenvalue weighted by atomic mass is 10.1. The van der Waals surface area contributed by atoms with E-state index in [1.807, 2.05) is 31.2 Å². The van der Waals surface area contributed by atoms with Crippen LogP contribution in [0.15, 0.2) is 47.4 Å². The van der Waals surface area contributed by atoms with Gasteiger partial charge in [-0.2, -0.15) is 0 Å². The molecule has 0 unspecified atom stereocenters. The Balaban J connectivity index is 1.99. The van der Waals surface area contributed by atoms with Gasteiger partial charge in [-0.3, -0.25) is 0 Å². The van der Waals surface area contributed by atoms with Gasteiger partial charge in [0.15, 0.2) is 0 Å². The highest BCUT2D eigenvalue weighted by Crippen LogP contribution is 2.21. The van der Waals surface area contributed by atoms with Crippen LogP contribution in [0.4, 0.5) is 0 Å². The number of hydrogen-bond acceptors (Lipinski definition) is 4. The average molecular weight is 382 g/mol. The number of aryl methyl sites for hydroxylation is 2. The van der Waals surface area contributed by atoms with E-state index in [9.17, 15) is 13.2 Å². The van der Waals surface area contributed by atoms with Crippen LogP contribution in [-0.2, 0) is 21.2 Å². The minimum absolute atomic E-state index is 0.0201. The second-order valence-electron chi connectivity index (χ2n) is 5.62. The van der Waals surface area contributed by atoms with E-state index in [1.54, 1.807) is 0 Å². The molecule has 25 heavy (non-hydrogen) atoms. The molecule has 0 atom stereocenters. The third-order valence-corrected chi connectivity index (χ3v) is 5.50. The van der Waals surface area contributed by atoms with Gasteiger partial charge in [0.1, 0.15) is 0 Å². The van der Waals surface area contributed by atoms with Gasteiger partial charge in [-0.15, -0.1) is 0 Å². The summed E-state index contributed by atoms with van der Waals surface area (Å²) in [5.74, 6) is -0.679. The van der Waals surface area contributed by atoms with Gasteiger partial charge in [0, 0.05) is 6.54 Å². The van der Waals surface area contributed by atoms with Gasteiger partial charge in [-0.05, 0) is 43.5 Å². The number of nitrogens with one attached hydrogen (secondary N) is 1. The third-order valence-electron chi connectivity index (χ3n) is 3.71. The van der Waals surface area contributed by atoms with Gasteiger partial charge < -0.3 is 4.74 Å². The van der Waals surface area contributed by atoms with E-state index in [-0.39, 0.29) is 15.5 Å². The number of methoxy groups -OCH3 is 1. The van der Waals surface area contributed by atoms with Crippen LogP contribution in [0.3, 0.4) is 0 Å². The Hall–Kier alpha value is -1.89. The molecule has 134 valence electrons. The number of ether oxygens (including phenoxy) is 1. The van der Waals surface area contributed by atoms with Crippen molar-refractivity contribution < 1.29 is 17.9 Å². The summed E-state index contributed by atoms with van der Waals surface area (Å²) >= 11 is 5.91. The largest absolute Gasteiger partial charge is 0.465 e. The quantitative estimate of drug-likeness (QED) is 0.589. The van der Waals surface area contributed by atoms with Crippen molar-refractivity contribution in [3.63, 3.8) is 0 Å². The third kappa shape index (κ3) is 5.29. The molecule has 2 aromatic carbocycles. The first-order valence-electron chi connectivity index (χ1n) is 7.76. The molecule has 5 nitrogen and oxygen atoms in total. The Bertz CT molecular complexity index is 848. The summed E-state index contributed by atoms with van der Waals surface area (Å²) in [6, 6.07) is 12.1. The molecular weight excluding hydrogens is 362 g/mol. The monoisotopic (exact) mass is 381 g/mol. The lowest BCUT2D eigenvalue weighted by Crippen LogP contribution is -2.25. The number of carbonyl (C=O) groups is 1. The minimum Gasteiger partial charge on any atom is -0.465 e. The van der Waals surface area contributed by atoms with Crippen molar-refractivity contribution in [1.29, 1.82) is 0 Å². The molecule has 0 spiro atoms. The summed E-state index contributed by atoms with van der Waals surface area (Å²) in [5.41, 5.74) is 2.37. The molecular formula is C18H20ClNO4S. The van der Waals surface area contributed by atoms with Crippen molar-refractivity contribution in [3.8, 4) is 0 Å². The summed E-state index contributed by atoms with van der Waals surface area (Å²) < 4.78 is 31.9. The van der Waals surface area contributed by atoms with Crippen LogP contribution in [0.5, 0.6) is 0 Å². The number of sulfonamides is 1. The summed E-state index contributed by atoms with van der Waals surface area (Å²) in [4.78, 5) is 11.6. The Morgan fingerprint density at radius 1 is 1.16 bits per heavy atom. The van der Waals surface area contributed by atoms with Crippen LogP contribution >= 0.6 is 11.6 Å². The predicted octanol–water partition coefficient (Wildman–Crippen LogP) is 3.35. The highest BCUT2D eigenvalue weighted by molar-refractivity contribution is 7.89. The van der Waals surface area contributed by atoms with E-state index in [2.05, 4.69) is 9.46 Å². The SMILES string of the molecule is COC(=O)c1cc(S(=O)(=O)NCCCc2ccc(C)cc2)ccc1Cl. The zero-order valence-electron chi connectivity index (χ0n) is 14.1. The van der Waals surface area contributed by atoms with Crippen molar-refractivity contribution in [2.75, 3.05) is 13.7 Å². The fourth-order valence-corrected chi connectivity index (χ4v) is 3.57. The van der Waals surface area contributed by atoms with Crippen LogP contribution in [0.1, 0.15) is 27.9 Å². The van der Waals surface area contributed by atoms with Crippen LogP contribution in [0, 0.1) is 6.92 Å². The molecule has 0 heterocycles. The van der Waals surface area contributed by atoms with E-state index in [0.717, 1.165) is 12.0 Å². The fourth-order valence-electron chi connectivity index (χ4n) is 2.28. The summed E-state index contributed by atoms with van der Waals surface area (Å²) in [5, 5.41) is 0.144. The lowest BCUT2D eigenvalue weighted by molar-refractivity contribution is 0.0600. The van der Waals surface area contributed by atoms with Crippen molar-refractivity contribution in [1.82, 2.24) is 4.72 Å². The molecule has 0 aliphatic heterocycles. The number of halogens is 1. The summed E-state index contributed by atoms with van der Waals surface area (Å²) in [6.45, 7) is 2.32. The van der Waals surface area contributed by atoms with Crippen molar-refractivity contribution in [3.05, 3.63) is 64.2 Å². The maximum Gasteiger partial charge on any atom is 0.339 e. The van der Waals surface area contributed by atoms with Crippen LogP contribution in [-0.4, -0.2) is 28.0 Å². The summed E-state index contributed by atoms with van der Waals surface area (Å²) in [7, 11) is -2.51. The first kappa shape index (κ1) is 19.4. The van der Waals surface area contributed by atoms with Crippen LogP contribution < -0.4 is 4.72 Å². The Morgan fingerprint density at radius 2 is 1.84 bits per heavy atom. The van der Waals surface area contributed by atoms with Gasteiger partial charge in [0.2, 0.25) is 10.0 Å². The van der Waals surface area contributed by atoms with Gasteiger partial charge in [-0.25, -0.2) is 17.9 Å². The molecule has 2 rings (SSSR count). The zero-order valence-corrected chi connectivity index (χ0v) is 15.7. The Morgan fingerprint density at radius 3 is 2.48 bits per heavy atom. The Kier molecular flexibility index (Phi) is 6.58. The van der Waals surface area contributed by atoms with Gasteiger partial charge in [0.05, 0.1) is 22.6 Å². The topological polar surface area (TPSA) is 72.5 Å². The maximum absolute atomic E-state index is 12.4. The molecule has 0 radical (unpaired) electrons. The Labute approximate surface area is 153 Å². The molecule has 0 saturated carbocycles. The smallest absolute Gasteiger partial charge is 0.339 e. The van der Waals surface area contributed by atoms with Crippen LogP contribution in [0.2, 0.25) is 5.02 Å². The number of rotatable bonds is 7. The molecule has 0 saturated heterocycles. The number of benzene rings is 2. The van der Waals surface area contributed by atoms with Gasteiger partial charge in [0.25, 0.3) is 0 Å². The number of hydrogen-bond donors (Lipinski definition) is 1. The molecule has 2 aromatic rings. The minimum atomic E-state index is -3.72. The standard InChI is InChI=1S/C18H20ClNO4S/c1-13-5-7-14(8-6-13)4-3-11-20-25(22,23)15-9-10-17(19)16(12-15)18(21)24-2/h5-10,12,20H,3-4,11H2,1-2H3. The average Bonchev–Trinajstić information content (AvgIpc) is 2.60. The normalized spacial score (nSPS) is 11.3. The first-order valence-corrected chi connectivity index (χ1v) is 9.62. The van der Waals surface area contributed by atoms with E-state index in [1.165, 1.54) is 30.9 Å². The molecule has 0 amide bonds. The van der Waals surface area contributed by atoms with E-state index in [0.29, 0.717) is 13.0 Å². The number of esters is 1. The van der Waals surface area contributed by atoms with E-state index >= 15 is 0 Å². The molecule has 0 bridgehead atoms. The second-order valence-corrected chi connectivity index (χ2v) is 7.79. The van der Waals surface area contributed by atoms with Crippen LogP contribution in [0.25, 0.3) is 0 Å². The lowest BCUT2D eigenvalue weighted by Gasteiger charge is -2.09. The highest BCUT2D eigenvalue weighted by Gasteiger charge is 2.18. The molecule has 0 aliphatic rings. The highest BCUT2D eigenvalue weighted by atomic mass is 35.5. The van der Waals surface area contributed by atoms with E-state index < -0.39 is 16.0 Å². The molecule has 7 heteroatoms. The van der Waals surface area contributed by atoms with Crippen molar-refractivity contribution in [2.24, 2.45) is 0 Å². The van der Waals surface area contributed by atoms with Gasteiger partial charge in [-0.1, -0.05) is 41.4 Å². The summed E-state index contributed by atoms with van der Waals surface area (Å²) in [6.07, 6.45) is 1.44. The maximum atomic E-state index is 12.4. The van der Waals surface area contributed by atoms with Crippen molar-refractivity contribution >= 4 is 27.6 Å². The zero-order chi connectivity index (χ0) is 18.4. The molecule has 1 N–H and O–H groups in total. The van der Waals surface area contributed by atoms with Gasteiger partial charge >= 0.3 is 5.97 Å². The fraction of sp³-hybridized carbons (Fsp3) is 0.278. The van der Waals surface area contributed by atoms with Crippen molar-refractivity contribution in [2.45, 2.75) is 24.7 Å². The second kappa shape index (κ2) is 8.47. The van der Waals surface area contributed by atoms with E-state index in [4.69, 9.17) is 11.6 Å².